The highest BCUT2D eigenvalue weighted by atomic mass is 35.5. The smallest absolute Gasteiger partial charge is 0.230 e. The van der Waals surface area contributed by atoms with Crippen LogP contribution in [0.15, 0.2) is 53.7 Å². The van der Waals surface area contributed by atoms with Crippen LogP contribution < -0.4 is 5.32 Å². The molecule has 1 amide bonds. The van der Waals surface area contributed by atoms with Crippen LogP contribution in [0, 0.1) is 6.92 Å². The summed E-state index contributed by atoms with van der Waals surface area (Å²) in [5.41, 5.74) is 3.05. The number of rotatable bonds is 8. The summed E-state index contributed by atoms with van der Waals surface area (Å²) in [4.78, 5) is 12.1. The van der Waals surface area contributed by atoms with Crippen LogP contribution in [0.1, 0.15) is 25.3 Å². The Labute approximate surface area is 174 Å². The maximum Gasteiger partial charge on any atom is 0.230 e. The van der Waals surface area contributed by atoms with Gasteiger partial charge in [0.25, 0.3) is 0 Å². The fourth-order valence-electron chi connectivity index (χ4n) is 2.66. The summed E-state index contributed by atoms with van der Waals surface area (Å²) in [5, 5.41) is 13.0. The Balaban J connectivity index is 1.88. The standard InChI is InChI=1S/C21H23ClN4OS/c1-3-4-13-23-19(27)14-28-21-25-24-20(16-7-5-15(2)6-8-16)26(21)18-11-9-17(22)10-12-18/h5-12H,3-4,13-14H2,1-2H3,(H,23,27). The molecule has 1 aromatic heterocycles. The van der Waals surface area contributed by atoms with Crippen LogP contribution in [-0.4, -0.2) is 33.0 Å². The molecule has 0 saturated heterocycles. The van der Waals surface area contributed by atoms with Crippen molar-refractivity contribution < 1.29 is 4.79 Å². The Morgan fingerprint density at radius 2 is 1.82 bits per heavy atom. The molecule has 0 bridgehead atoms. The number of hydrogen-bond acceptors (Lipinski definition) is 4. The Bertz CT molecular complexity index is 923. The average molecular weight is 415 g/mol. The van der Waals surface area contributed by atoms with Crippen molar-refractivity contribution in [1.29, 1.82) is 0 Å². The molecule has 3 aromatic rings. The maximum atomic E-state index is 12.1. The summed E-state index contributed by atoms with van der Waals surface area (Å²) < 4.78 is 1.96. The van der Waals surface area contributed by atoms with Gasteiger partial charge in [0.15, 0.2) is 11.0 Å². The van der Waals surface area contributed by atoms with Gasteiger partial charge in [0.05, 0.1) is 5.75 Å². The number of carbonyl (C=O) groups excluding carboxylic acids is 1. The van der Waals surface area contributed by atoms with Crippen molar-refractivity contribution in [3.63, 3.8) is 0 Å². The van der Waals surface area contributed by atoms with Crippen molar-refractivity contribution in [1.82, 2.24) is 20.1 Å². The molecular weight excluding hydrogens is 392 g/mol. The Kier molecular flexibility index (Phi) is 7.12. The fourth-order valence-corrected chi connectivity index (χ4v) is 3.57. The highest BCUT2D eigenvalue weighted by Gasteiger charge is 2.17. The van der Waals surface area contributed by atoms with Crippen molar-refractivity contribution in [3.8, 4) is 17.1 Å². The predicted octanol–water partition coefficient (Wildman–Crippen LogP) is 4.90. The van der Waals surface area contributed by atoms with Gasteiger partial charge in [0.1, 0.15) is 0 Å². The van der Waals surface area contributed by atoms with Crippen molar-refractivity contribution in [2.45, 2.75) is 31.8 Å². The number of carbonyl (C=O) groups is 1. The fraction of sp³-hybridized carbons (Fsp3) is 0.286. The molecule has 2 aromatic carbocycles. The zero-order chi connectivity index (χ0) is 19.9. The lowest BCUT2D eigenvalue weighted by molar-refractivity contribution is -0.118. The van der Waals surface area contributed by atoms with E-state index in [0.717, 1.165) is 29.9 Å². The first-order chi connectivity index (χ1) is 13.6. The topological polar surface area (TPSA) is 59.8 Å². The molecule has 0 spiro atoms. The van der Waals surface area contributed by atoms with Gasteiger partial charge in [-0.25, -0.2) is 0 Å². The zero-order valence-electron chi connectivity index (χ0n) is 16.0. The van der Waals surface area contributed by atoms with E-state index in [-0.39, 0.29) is 5.91 Å². The number of nitrogens with one attached hydrogen (secondary N) is 1. The van der Waals surface area contributed by atoms with Gasteiger partial charge in [-0.1, -0.05) is 66.5 Å². The van der Waals surface area contributed by atoms with Crippen LogP contribution in [0.25, 0.3) is 17.1 Å². The minimum absolute atomic E-state index is 0.000919. The third-order valence-electron chi connectivity index (χ3n) is 4.21. The molecule has 0 aliphatic heterocycles. The van der Waals surface area contributed by atoms with Crippen LogP contribution >= 0.6 is 23.4 Å². The maximum absolute atomic E-state index is 12.1. The molecule has 28 heavy (non-hydrogen) atoms. The van der Waals surface area contributed by atoms with E-state index in [1.807, 2.05) is 60.0 Å². The molecule has 1 heterocycles. The minimum atomic E-state index is 0.000919. The first-order valence-electron chi connectivity index (χ1n) is 9.26. The summed E-state index contributed by atoms with van der Waals surface area (Å²) >= 11 is 7.43. The second kappa shape index (κ2) is 9.75. The van der Waals surface area contributed by atoms with Crippen molar-refractivity contribution in [2.75, 3.05) is 12.3 Å². The van der Waals surface area contributed by atoms with Crippen molar-refractivity contribution in [3.05, 3.63) is 59.1 Å². The summed E-state index contributed by atoms with van der Waals surface area (Å²) in [7, 11) is 0. The van der Waals surface area contributed by atoms with E-state index in [4.69, 9.17) is 11.6 Å². The number of hydrogen-bond donors (Lipinski definition) is 1. The first kappa shape index (κ1) is 20.4. The number of amides is 1. The summed E-state index contributed by atoms with van der Waals surface area (Å²) in [6.07, 6.45) is 2.03. The van der Waals surface area contributed by atoms with Gasteiger partial charge in [0, 0.05) is 22.8 Å². The van der Waals surface area contributed by atoms with Gasteiger partial charge < -0.3 is 5.32 Å². The molecule has 1 N–H and O–H groups in total. The van der Waals surface area contributed by atoms with Gasteiger partial charge in [0.2, 0.25) is 5.91 Å². The molecule has 7 heteroatoms. The number of aromatic nitrogens is 3. The predicted molar refractivity (Wildman–Crippen MR) is 115 cm³/mol. The Morgan fingerprint density at radius 1 is 1.11 bits per heavy atom. The number of aryl methyl sites for hydroxylation is 1. The third-order valence-corrected chi connectivity index (χ3v) is 5.39. The van der Waals surface area contributed by atoms with Gasteiger partial charge in [-0.15, -0.1) is 10.2 Å². The lowest BCUT2D eigenvalue weighted by atomic mass is 10.1. The van der Waals surface area contributed by atoms with E-state index in [1.54, 1.807) is 0 Å². The monoisotopic (exact) mass is 414 g/mol. The zero-order valence-corrected chi connectivity index (χ0v) is 17.6. The van der Waals surface area contributed by atoms with E-state index in [9.17, 15) is 4.79 Å². The lowest BCUT2D eigenvalue weighted by Gasteiger charge is -2.11. The molecule has 0 saturated carbocycles. The molecule has 146 valence electrons. The normalized spacial score (nSPS) is 10.8. The molecular formula is C21H23ClN4OS. The molecule has 0 atom stereocenters. The molecule has 0 radical (unpaired) electrons. The second-order valence-corrected chi connectivity index (χ2v) is 7.86. The van der Waals surface area contributed by atoms with Crippen LogP contribution in [-0.2, 0) is 4.79 Å². The number of nitrogens with zero attached hydrogens (tertiary/aromatic N) is 3. The van der Waals surface area contributed by atoms with E-state index < -0.39 is 0 Å². The van der Waals surface area contributed by atoms with Crippen LogP contribution in [0.2, 0.25) is 5.02 Å². The van der Waals surface area contributed by atoms with Crippen molar-refractivity contribution >= 4 is 29.3 Å². The minimum Gasteiger partial charge on any atom is -0.355 e. The number of thioether (sulfide) groups is 1. The van der Waals surface area contributed by atoms with Crippen LogP contribution in [0.4, 0.5) is 0 Å². The molecule has 0 aliphatic carbocycles. The largest absolute Gasteiger partial charge is 0.355 e. The Morgan fingerprint density at radius 3 is 2.50 bits per heavy atom. The number of halogens is 1. The van der Waals surface area contributed by atoms with E-state index in [0.29, 0.717) is 22.5 Å². The van der Waals surface area contributed by atoms with E-state index in [2.05, 4.69) is 22.4 Å². The first-order valence-corrected chi connectivity index (χ1v) is 10.6. The highest BCUT2D eigenvalue weighted by Crippen LogP contribution is 2.28. The van der Waals surface area contributed by atoms with Crippen LogP contribution in [0.3, 0.4) is 0 Å². The van der Waals surface area contributed by atoms with Gasteiger partial charge in [-0.2, -0.15) is 0 Å². The molecule has 0 fully saturated rings. The number of unbranched alkanes of at least 4 members (excludes halogenated alkanes) is 1. The summed E-state index contributed by atoms with van der Waals surface area (Å²) in [5.74, 6) is 1.03. The summed E-state index contributed by atoms with van der Waals surface area (Å²) in [6.45, 7) is 4.85. The molecule has 3 rings (SSSR count). The summed E-state index contributed by atoms with van der Waals surface area (Å²) in [6, 6.07) is 15.7. The van der Waals surface area contributed by atoms with Gasteiger partial charge in [-0.05, 0) is 37.6 Å². The van der Waals surface area contributed by atoms with Gasteiger partial charge >= 0.3 is 0 Å². The molecule has 5 nitrogen and oxygen atoms in total. The van der Waals surface area contributed by atoms with E-state index >= 15 is 0 Å². The second-order valence-electron chi connectivity index (χ2n) is 6.48. The lowest BCUT2D eigenvalue weighted by Crippen LogP contribution is -2.26. The highest BCUT2D eigenvalue weighted by molar-refractivity contribution is 7.99. The van der Waals surface area contributed by atoms with Crippen molar-refractivity contribution in [2.24, 2.45) is 0 Å². The average Bonchev–Trinajstić information content (AvgIpc) is 3.12. The third kappa shape index (κ3) is 5.14. The quantitative estimate of drug-likeness (QED) is 0.420. The Hall–Kier alpha value is -2.31. The SMILES string of the molecule is CCCCNC(=O)CSc1nnc(-c2ccc(C)cc2)n1-c1ccc(Cl)cc1. The van der Waals surface area contributed by atoms with Crippen LogP contribution in [0.5, 0.6) is 0 Å². The molecule has 0 unspecified atom stereocenters. The van der Waals surface area contributed by atoms with E-state index in [1.165, 1.54) is 17.3 Å². The number of benzene rings is 2. The molecule has 0 aliphatic rings. The van der Waals surface area contributed by atoms with Gasteiger partial charge in [-0.3, -0.25) is 9.36 Å².